The van der Waals surface area contributed by atoms with E-state index in [1.165, 1.54) is 0 Å². The molecule has 0 saturated heterocycles. The van der Waals surface area contributed by atoms with Gasteiger partial charge >= 0.3 is 0 Å². The van der Waals surface area contributed by atoms with Gasteiger partial charge in [-0.25, -0.2) is 0 Å². The van der Waals surface area contributed by atoms with Gasteiger partial charge in [-0.1, -0.05) is 13.8 Å². The van der Waals surface area contributed by atoms with Gasteiger partial charge in [0.05, 0.1) is 0 Å². The fourth-order valence-electron chi connectivity index (χ4n) is 0.263. The van der Waals surface area contributed by atoms with E-state index >= 15 is 0 Å². The Morgan fingerprint density at radius 3 is 1.44 bits per heavy atom. The van der Waals surface area contributed by atoms with Gasteiger partial charge in [-0.15, -0.1) is 0 Å². The summed E-state index contributed by atoms with van der Waals surface area (Å²) < 4.78 is 0. The SMILES string of the molecule is CC(C)(N)C(C)(C)CN. The van der Waals surface area contributed by atoms with Gasteiger partial charge in [0.25, 0.3) is 0 Å². The van der Waals surface area contributed by atoms with Crippen molar-refractivity contribution in [2.45, 2.75) is 33.2 Å². The zero-order chi connectivity index (χ0) is 7.71. The van der Waals surface area contributed by atoms with Crippen molar-refractivity contribution in [2.24, 2.45) is 16.9 Å². The summed E-state index contributed by atoms with van der Waals surface area (Å²) in [4.78, 5) is 0. The highest BCUT2D eigenvalue weighted by molar-refractivity contribution is 4.90. The van der Waals surface area contributed by atoms with E-state index in [0.717, 1.165) is 0 Å². The molecule has 2 nitrogen and oxygen atoms in total. The lowest BCUT2D eigenvalue weighted by Gasteiger charge is -2.37. The number of rotatable bonds is 2. The zero-order valence-corrected chi connectivity index (χ0v) is 6.86. The van der Waals surface area contributed by atoms with Crippen LogP contribution in [0.25, 0.3) is 0 Å². The van der Waals surface area contributed by atoms with E-state index in [9.17, 15) is 0 Å². The summed E-state index contributed by atoms with van der Waals surface area (Å²) in [5.74, 6) is 0. The van der Waals surface area contributed by atoms with Crippen molar-refractivity contribution >= 4 is 0 Å². The normalized spacial score (nSPS) is 14.0. The quantitative estimate of drug-likeness (QED) is 0.578. The van der Waals surface area contributed by atoms with Crippen LogP contribution in [0.3, 0.4) is 0 Å². The molecule has 0 amide bonds. The summed E-state index contributed by atoms with van der Waals surface area (Å²) in [7, 11) is 0. The minimum absolute atomic E-state index is 0.0347. The van der Waals surface area contributed by atoms with E-state index < -0.39 is 0 Å². The van der Waals surface area contributed by atoms with E-state index in [1.807, 2.05) is 13.8 Å². The molecule has 0 fully saturated rings. The summed E-state index contributed by atoms with van der Waals surface area (Å²) in [6, 6.07) is 0. The van der Waals surface area contributed by atoms with Gasteiger partial charge in [0.1, 0.15) is 0 Å². The van der Waals surface area contributed by atoms with Crippen molar-refractivity contribution in [1.82, 2.24) is 0 Å². The van der Waals surface area contributed by atoms with Crippen molar-refractivity contribution in [1.29, 1.82) is 0 Å². The molecule has 0 aliphatic heterocycles. The van der Waals surface area contributed by atoms with Gasteiger partial charge in [0.15, 0.2) is 0 Å². The summed E-state index contributed by atoms with van der Waals surface area (Å²) in [6.45, 7) is 8.79. The molecule has 0 heterocycles. The van der Waals surface area contributed by atoms with Crippen molar-refractivity contribution in [3.05, 3.63) is 0 Å². The molecule has 0 bridgehead atoms. The second kappa shape index (κ2) is 2.27. The molecule has 9 heavy (non-hydrogen) atoms. The molecule has 0 aromatic carbocycles. The second-order valence-electron chi connectivity index (χ2n) is 3.81. The van der Waals surface area contributed by atoms with Crippen molar-refractivity contribution in [3.8, 4) is 0 Å². The Bertz CT molecular complexity index is 89.6. The van der Waals surface area contributed by atoms with Crippen molar-refractivity contribution < 1.29 is 0 Å². The number of hydrogen-bond acceptors (Lipinski definition) is 2. The Morgan fingerprint density at radius 1 is 1.11 bits per heavy atom. The minimum Gasteiger partial charge on any atom is -0.330 e. The molecule has 0 saturated carbocycles. The molecule has 0 aromatic heterocycles. The van der Waals surface area contributed by atoms with E-state index in [1.54, 1.807) is 0 Å². The first-order chi connectivity index (χ1) is 3.81. The monoisotopic (exact) mass is 130 g/mol. The molecule has 56 valence electrons. The fraction of sp³-hybridized carbons (Fsp3) is 1.00. The van der Waals surface area contributed by atoms with E-state index in [-0.39, 0.29) is 11.0 Å². The lowest BCUT2D eigenvalue weighted by molar-refractivity contribution is 0.212. The van der Waals surface area contributed by atoms with Crippen LogP contribution < -0.4 is 11.5 Å². The molecule has 4 N–H and O–H groups in total. The zero-order valence-electron chi connectivity index (χ0n) is 6.86. The van der Waals surface area contributed by atoms with Crippen LogP contribution in [0.5, 0.6) is 0 Å². The Morgan fingerprint density at radius 2 is 1.44 bits per heavy atom. The molecule has 0 radical (unpaired) electrons. The van der Waals surface area contributed by atoms with E-state index in [2.05, 4.69) is 13.8 Å². The summed E-state index contributed by atoms with van der Waals surface area (Å²) in [5, 5.41) is 0. The third-order valence-electron chi connectivity index (χ3n) is 2.25. The van der Waals surface area contributed by atoms with E-state index in [0.29, 0.717) is 6.54 Å². The molecule has 0 aromatic rings. The third kappa shape index (κ3) is 1.95. The van der Waals surface area contributed by atoms with Gasteiger partial charge in [-0.05, 0) is 25.8 Å². The fourth-order valence-corrected chi connectivity index (χ4v) is 0.263. The first-order valence-electron chi connectivity index (χ1n) is 3.30. The average Bonchev–Trinajstić information content (AvgIpc) is 1.64. The summed E-state index contributed by atoms with van der Waals surface area (Å²) >= 11 is 0. The highest BCUT2D eigenvalue weighted by Crippen LogP contribution is 2.25. The number of hydrogen-bond donors (Lipinski definition) is 2. The van der Waals surface area contributed by atoms with Gasteiger partial charge in [0, 0.05) is 5.54 Å². The van der Waals surface area contributed by atoms with Crippen LogP contribution >= 0.6 is 0 Å². The highest BCUT2D eigenvalue weighted by atomic mass is 14.8. The van der Waals surface area contributed by atoms with Gasteiger partial charge in [-0.3, -0.25) is 0 Å². The molecule has 0 aliphatic rings. The van der Waals surface area contributed by atoms with Crippen LogP contribution in [0.2, 0.25) is 0 Å². The predicted octanol–water partition coefficient (Wildman–Crippen LogP) is 0.709. The van der Waals surface area contributed by atoms with Crippen LogP contribution in [0, 0.1) is 5.41 Å². The number of nitrogens with two attached hydrogens (primary N) is 2. The maximum atomic E-state index is 5.84. The third-order valence-corrected chi connectivity index (χ3v) is 2.25. The summed E-state index contributed by atoms with van der Waals surface area (Å²) in [6.07, 6.45) is 0. The van der Waals surface area contributed by atoms with Crippen LogP contribution in [-0.2, 0) is 0 Å². The second-order valence-corrected chi connectivity index (χ2v) is 3.81. The molecule has 0 aliphatic carbocycles. The maximum absolute atomic E-state index is 5.84. The largest absolute Gasteiger partial charge is 0.330 e. The lowest BCUT2D eigenvalue weighted by atomic mass is 9.75. The van der Waals surface area contributed by atoms with Crippen LogP contribution in [0.1, 0.15) is 27.7 Å². The van der Waals surface area contributed by atoms with Crippen molar-refractivity contribution in [3.63, 3.8) is 0 Å². The molecule has 2 heteroatoms. The molecule has 0 rings (SSSR count). The van der Waals surface area contributed by atoms with Gasteiger partial charge < -0.3 is 11.5 Å². The standard InChI is InChI=1S/C7H18N2/c1-6(2,5-8)7(3,4)9/h5,8-9H2,1-4H3. The van der Waals surface area contributed by atoms with Crippen LogP contribution in [0.15, 0.2) is 0 Å². The van der Waals surface area contributed by atoms with Crippen LogP contribution in [-0.4, -0.2) is 12.1 Å². The topological polar surface area (TPSA) is 52.0 Å². The molecular formula is C7H18N2. The molecule has 0 atom stereocenters. The Labute approximate surface area is 57.6 Å². The van der Waals surface area contributed by atoms with Gasteiger partial charge in [0.2, 0.25) is 0 Å². The van der Waals surface area contributed by atoms with Crippen LogP contribution in [0.4, 0.5) is 0 Å². The Kier molecular flexibility index (Phi) is 2.25. The Hall–Kier alpha value is -0.0800. The van der Waals surface area contributed by atoms with E-state index in [4.69, 9.17) is 11.5 Å². The van der Waals surface area contributed by atoms with Gasteiger partial charge in [-0.2, -0.15) is 0 Å². The maximum Gasteiger partial charge on any atom is 0.0160 e. The van der Waals surface area contributed by atoms with Crippen molar-refractivity contribution in [2.75, 3.05) is 6.54 Å². The molecular weight excluding hydrogens is 112 g/mol. The first-order valence-corrected chi connectivity index (χ1v) is 3.30. The smallest absolute Gasteiger partial charge is 0.0160 e. The highest BCUT2D eigenvalue weighted by Gasteiger charge is 2.31. The summed E-state index contributed by atoms with van der Waals surface area (Å²) in [5.41, 5.74) is 11.2. The first kappa shape index (κ1) is 8.92. The Balaban J connectivity index is 4.14. The molecule has 0 unspecified atom stereocenters. The predicted molar refractivity (Wildman–Crippen MR) is 41.1 cm³/mol. The molecule has 0 spiro atoms. The minimum atomic E-state index is -0.179. The lowest BCUT2D eigenvalue weighted by Crippen LogP contribution is -2.51. The average molecular weight is 130 g/mol.